The Bertz CT molecular complexity index is 975. The standard InChI is InChI=1S/C19H25N3O5S/c1-14(2)20-18(23)13-28(25,26)17-11-22(16-6-4-3-5-15(16)17)12-19(24)21-7-9-27-10-8-21/h3-6,11,14H,7-10,12-13H2,1-2H3,(H,20,23). The molecule has 2 heterocycles. The molecule has 0 spiro atoms. The van der Waals surface area contributed by atoms with Crippen LogP contribution in [0.15, 0.2) is 35.4 Å². The summed E-state index contributed by atoms with van der Waals surface area (Å²) in [5, 5.41) is 3.11. The number of amides is 2. The average molecular weight is 407 g/mol. The number of benzene rings is 1. The molecule has 1 aliphatic rings. The Balaban J connectivity index is 1.90. The number of hydrogen-bond donors (Lipinski definition) is 1. The molecule has 0 unspecified atom stereocenters. The molecular formula is C19H25N3O5S. The van der Waals surface area contributed by atoms with Crippen LogP contribution in [0, 0.1) is 0 Å². The van der Waals surface area contributed by atoms with Gasteiger partial charge in [-0.1, -0.05) is 18.2 Å². The number of aromatic nitrogens is 1. The number of sulfone groups is 1. The van der Waals surface area contributed by atoms with Gasteiger partial charge in [-0.05, 0) is 19.9 Å². The van der Waals surface area contributed by atoms with Crippen molar-refractivity contribution in [1.29, 1.82) is 0 Å². The molecule has 0 atom stereocenters. The number of fused-ring (bicyclic) bond motifs is 1. The lowest BCUT2D eigenvalue weighted by Gasteiger charge is -2.27. The van der Waals surface area contributed by atoms with E-state index in [1.807, 2.05) is 0 Å². The summed E-state index contributed by atoms with van der Waals surface area (Å²) in [6.07, 6.45) is 1.46. The number of hydrogen-bond acceptors (Lipinski definition) is 5. The fourth-order valence-corrected chi connectivity index (χ4v) is 4.64. The fourth-order valence-electron chi connectivity index (χ4n) is 3.26. The molecule has 1 aromatic heterocycles. The predicted octanol–water partition coefficient (Wildman–Crippen LogP) is 0.798. The molecule has 1 aliphatic heterocycles. The third-order valence-corrected chi connectivity index (χ3v) is 6.16. The zero-order valence-electron chi connectivity index (χ0n) is 16.1. The van der Waals surface area contributed by atoms with Crippen molar-refractivity contribution in [1.82, 2.24) is 14.8 Å². The second-order valence-electron chi connectivity index (χ2n) is 7.11. The van der Waals surface area contributed by atoms with Gasteiger partial charge in [0.1, 0.15) is 12.3 Å². The molecule has 0 aliphatic carbocycles. The van der Waals surface area contributed by atoms with Crippen molar-refractivity contribution in [2.75, 3.05) is 32.1 Å². The summed E-state index contributed by atoms with van der Waals surface area (Å²) in [7, 11) is -3.85. The third-order valence-electron chi connectivity index (χ3n) is 4.53. The number of carbonyl (C=O) groups is 2. The van der Waals surface area contributed by atoms with E-state index in [2.05, 4.69) is 5.32 Å². The van der Waals surface area contributed by atoms with E-state index < -0.39 is 21.5 Å². The van der Waals surface area contributed by atoms with Crippen LogP contribution in [0.1, 0.15) is 13.8 Å². The Labute approximate surface area is 164 Å². The third kappa shape index (κ3) is 4.53. The topological polar surface area (TPSA) is 97.7 Å². The van der Waals surface area contributed by atoms with Gasteiger partial charge in [0.05, 0.1) is 18.1 Å². The van der Waals surface area contributed by atoms with Gasteiger partial charge in [-0.3, -0.25) is 9.59 Å². The highest BCUT2D eigenvalue weighted by Crippen LogP contribution is 2.26. The highest BCUT2D eigenvalue weighted by molar-refractivity contribution is 7.92. The second kappa shape index (κ2) is 8.32. The van der Waals surface area contributed by atoms with Crippen molar-refractivity contribution >= 4 is 32.6 Å². The van der Waals surface area contributed by atoms with Crippen LogP contribution < -0.4 is 5.32 Å². The van der Waals surface area contributed by atoms with Gasteiger partial charge in [-0.2, -0.15) is 0 Å². The molecule has 28 heavy (non-hydrogen) atoms. The molecule has 3 rings (SSSR count). The molecule has 1 aromatic carbocycles. The van der Waals surface area contributed by atoms with E-state index in [1.165, 1.54) is 6.20 Å². The van der Waals surface area contributed by atoms with E-state index in [0.29, 0.717) is 37.2 Å². The summed E-state index contributed by atoms with van der Waals surface area (Å²) in [5.41, 5.74) is 0.645. The Kier molecular flexibility index (Phi) is 6.04. The maximum Gasteiger partial charge on any atom is 0.242 e. The van der Waals surface area contributed by atoms with E-state index in [9.17, 15) is 18.0 Å². The number of ether oxygens (including phenoxy) is 1. The van der Waals surface area contributed by atoms with Gasteiger partial charge in [0.2, 0.25) is 11.8 Å². The van der Waals surface area contributed by atoms with Gasteiger partial charge in [0, 0.05) is 36.2 Å². The molecule has 0 bridgehead atoms. The number of nitrogens with one attached hydrogen (secondary N) is 1. The van der Waals surface area contributed by atoms with Crippen molar-refractivity contribution in [3.63, 3.8) is 0 Å². The van der Waals surface area contributed by atoms with Gasteiger partial charge in [-0.25, -0.2) is 8.42 Å². The summed E-state index contributed by atoms with van der Waals surface area (Å²) in [5.74, 6) is -1.27. The average Bonchev–Trinajstić information content (AvgIpc) is 3.01. The van der Waals surface area contributed by atoms with E-state index in [-0.39, 0.29) is 23.4 Å². The molecule has 0 radical (unpaired) electrons. The SMILES string of the molecule is CC(C)NC(=O)CS(=O)(=O)c1cn(CC(=O)N2CCOCC2)c2ccccc12. The minimum absolute atomic E-state index is 0.0359. The van der Waals surface area contributed by atoms with Crippen LogP contribution in [0.4, 0.5) is 0 Å². The minimum atomic E-state index is -3.85. The van der Waals surface area contributed by atoms with Crippen LogP contribution in [-0.4, -0.2) is 67.8 Å². The van der Waals surface area contributed by atoms with Crippen molar-refractivity contribution in [3.05, 3.63) is 30.5 Å². The highest BCUT2D eigenvalue weighted by Gasteiger charge is 2.26. The number of rotatable bonds is 6. The lowest BCUT2D eigenvalue weighted by atomic mass is 10.2. The van der Waals surface area contributed by atoms with Crippen molar-refractivity contribution < 1.29 is 22.7 Å². The van der Waals surface area contributed by atoms with Crippen LogP contribution in [0.5, 0.6) is 0 Å². The molecule has 9 heteroatoms. The summed E-state index contributed by atoms with van der Waals surface area (Å²) in [6.45, 7) is 5.64. The van der Waals surface area contributed by atoms with Crippen molar-refractivity contribution in [3.8, 4) is 0 Å². The lowest BCUT2D eigenvalue weighted by Crippen LogP contribution is -2.42. The Morgan fingerprint density at radius 3 is 2.54 bits per heavy atom. The van der Waals surface area contributed by atoms with E-state index in [1.54, 1.807) is 47.6 Å². The number of para-hydroxylation sites is 1. The summed E-state index contributed by atoms with van der Waals surface area (Å²) in [6, 6.07) is 6.85. The molecule has 8 nitrogen and oxygen atoms in total. The molecular weight excluding hydrogens is 382 g/mol. The predicted molar refractivity (Wildman–Crippen MR) is 105 cm³/mol. The van der Waals surface area contributed by atoms with Crippen LogP contribution in [-0.2, 0) is 30.7 Å². The Morgan fingerprint density at radius 1 is 1.18 bits per heavy atom. The van der Waals surface area contributed by atoms with E-state index in [0.717, 1.165) is 0 Å². The maximum atomic E-state index is 12.9. The second-order valence-corrected chi connectivity index (χ2v) is 9.07. The fraction of sp³-hybridized carbons (Fsp3) is 0.474. The monoisotopic (exact) mass is 407 g/mol. The van der Waals surface area contributed by atoms with Crippen LogP contribution in [0.25, 0.3) is 10.9 Å². The first-order valence-corrected chi connectivity index (χ1v) is 10.9. The first-order valence-electron chi connectivity index (χ1n) is 9.23. The number of nitrogens with zero attached hydrogens (tertiary/aromatic N) is 2. The summed E-state index contributed by atoms with van der Waals surface area (Å²) in [4.78, 5) is 26.4. The normalized spacial score (nSPS) is 15.2. The van der Waals surface area contributed by atoms with Gasteiger partial charge >= 0.3 is 0 Å². The smallest absolute Gasteiger partial charge is 0.242 e. The van der Waals surface area contributed by atoms with Gasteiger partial charge in [-0.15, -0.1) is 0 Å². The molecule has 1 N–H and O–H groups in total. The van der Waals surface area contributed by atoms with Gasteiger partial charge in [0.25, 0.3) is 0 Å². The van der Waals surface area contributed by atoms with Crippen LogP contribution >= 0.6 is 0 Å². The zero-order valence-corrected chi connectivity index (χ0v) is 16.9. The van der Waals surface area contributed by atoms with Crippen LogP contribution in [0.2, 0.25) is 0 Å². The van der Waals surface area contributed by atoms with E-state index >= 15 is 0 Å². The zero-order chi connectivity index (χ0) is 20.3. The molecule has 1 fully saturated rings. The van der Waals surface area contributed by atoms with Crippen LogP contribution in [0.3, 0.4) is 0 Å². The Hall–Kier alpha value is -2.39. The summed E-state index contributed by atoms with van der Waals surface area (Å²) < 4.78 is 32.6. The first kappa shape index (κ1) is 20.3. The number of morpholine rings is 1. The molecule has 2 amide bonds. The Morgan fingerprint density at radius 2 is 1.86 bits per heavy atom. The lowest BCUT2D eigenvalue weighted by molar-refractivity contribution is -0.135. The summed E-state index contributed by atoms with van der Waals surface area (Å²) >= 11 is 0. The largest absolute Gasteiger partial charge is 0.378 e. The molecule has 0 saturated carbocycles. The molecule has 2 aromatic rings. The van der Waals surface area contributed by atoms with Gasteiger partial charge in [0.15, 0.2) is 9.84 Å². The van der Waals surface area contributed by atoms with Crippen molar-refractivity contribution in [2.24, 2.45) is 0 Å². The van der Waals surface area contributed by atoms with Gasteiger partial charge < -0.3 is 19.5 Å². The molecule has 152 valence electrons. The maximum absolute atomic E-state index is 12.9. The highest BCUT2D eigenvalue weighted by atomic mass is 32.2. The minimum Gasteiger partial charge on any atom is -0.378 e. The van der Waals surface area contributed by atoms with E-state index in [4.69, 9.17) is 4.74 Å². The van der Waals surface area contributed by atoms with Crippen molar-refractivity contribution in [2.45, 2.75) is 31.3 Å². The first-order chi connectivity index (χ1) is 13.3. The molecule has 1 saturated heterocycles. The number of carbonyl (C=O) groups excluding carboxylic acids is 2. The quantitative estimate of drug-likeness (QED) is 0.764.